The number of aromatic amines is 1. The minimum atomic E-state index is -0.0139. The number of anilines is 1. The zero-order valence-corrected chi connectivity index (χ0v) is 15.7. The normalized spacial score (nSPS) is 11.1. The minimum Gasteiger partial charge on any atom is -0.368 e. The number of hydrogen-bond acceptors (Lipinski definition) is 4. The number of fused-ring (bicyclic) bond motifs is 1. The summed E-state index contributed by atoms with van der Waals surface area (Å²) < 4.78 is 0. The van der Waals surface area contributed by atoms with Gasteiger partial charge in [0.1, 0.15) is 11.5 Å². The molecule has 0 saturated carbocycles. The van der Waals surface area contributed by atoms with Crippen molar-refractivity contribution in [1.82, 2.24) is 20.3 Å². The average molecular weight is 351 g/mol. The Morgan fingerprint density at radius 1 is 1.12 bits per heavy atom. The molecule has 2 heterocycles. The van der Waals surface area contributed by atoms with Crippen molar-refractivity contribution in [2.45, 2.75) is 27.7 Å². The fourth-order valence-corrected chi connectivity index (χ4v) is 2.78. The summed E-state index contributed by atoms with van der Waals surface area (Å²) in [6.07, 6.45) is 0. The van der Waals surface area contributed by atoms with Crippen LogP contribution in [0.3, 0.4) is 0 Å². The lowest BCUT2D eigenvalue weighted by molar-refractivity contribution is -0.123. The van der Waals surface area contributed by atoms with Gasteiger partial charge in [-0.2, -0.15) is 0 Å². The quantitative estimate of drug-likeness (QED) is 0.594. The van der Waals surface area contributed by atoms with Crippen molar-refractivity contribution >= 4 is 22.8 Å². The zero-order chi connectivity index (χ0) is 18.7. The van der Waals surface area contributed by atoms with Gasteiger partial charge in [-0.25, -0.2) is 9.97 Å². The summed E-state index contributed by atoms with van der Waals surface area (Å²) in [5.41, 5.74) is 4.00. The van der Waals surface area contributed by atoms with E-state index in [1.807, 2.05) is 51.1 Å². The highest BCUT2D eigenvalue weighted by Crippen LogP contribution is 2.28. The highest BCUT2D eigenvalue weighted by Gasteiger charge is 2.15. The summed E-state index contributed by atoms with van der Waals surface area (Å²) in [7, 11) is 0. The first-order valence-electron chi connectivity index (χ1n) is 8.91. The predicted octanol–water partition coefficient (Wildman–Crippen LogP) is 3.43. The van der Waals surface area contributed by atoms with E-state index < -0.39 is 0 Å². The largest absolute Gasteiger partial charge is 0.368 e. The number of nitrogens with zero attached hydrogens (tertiary/aromatic N) is 2. The number of aromatic nitrogens is 3. The number of nitrogens with one attached hydrogen (secondary N) is 3. The van der Waals surface area contributed by atoms with Gasteiger partial charge in [-0.3, -0.25) is 4.79 Å². The van der Waals surface area contributed by atoms with Crippen LogP contribution in [0.5, 0.6) is 0 Å². The second-order valence-corrected chi connectivity index (χ2v) is 6.73. The van der Waals surface area contributed by atoms with Gasteiger partial charge in [0, 0.05) is 30.3 Å². The van der Waals surface area contributed by atoms with Crippen LogP contribution in [0, 0.1) is 19.8 Å². The highest BCUT2D eigenvalue weighted by atomic mass is 16.1. The van der Waals surface area contributed by atoms with Crippen LogP contribution in [0.4, 0.5) is 5.82 Å². The zero-order valence-electron chi connectivity index (χ0n) is 15.7. The lowest BCUT2D eigenvalue weighted by Crippen LogP contribution is -2.32. The lowest BCUT2D eigenvalue weighted by atomic mass is 10.2. The monoisotopic (exact) mass is 351 g/mol. The Bertz CT molecular complexity index is 915. The number of carbonyl (C=O) groups is 1. The first-order valence-corrected chi connectivity index (χ1v) is 8.91. The van der Waals surface area contributed by atoms with E-state index in [4.69, 9.17) is 9.97 Å². The van der Waals surface area contributed by atoms with Crippen molar-refractivity contribution in [2.24, 2.45) is 5.92 Å². The molecule has 0 unspecified atom stereocenters. The number of aryl methyl sites for hydroxylation is 2. The summed E-state index contributed by atoms with van der Waals surface area (Å²) in [5.74, 6) is 1.50. The summed E-state index contributed by atoms with van der Waals surface area (Å²) in [6, 6.07) is 9.92. The van der Waals surface area contributed by atoms with E-state index in [1.54, 1.807) is 0 Å². The van der Waals surface area contributed by atoms with Gasteiger partial charge >= 0.3 is 0 Å². The standard InChI is InChI=1S/C20H25N5O/c1-12(2)20(26)22-11-10-21-18-16-13(3)14(4)23-19(16)25-17(24-18)15-8-6-5-7-9-15/h5-9,12H,10-11H2,1-4H3,(H,22,26)(H2,21,23,24,25). The molecule has 6 heteroatoms. The Morgan fingerprint density at radius 3 is 2.54 bits per heavy atom. The third-order valence-electron chi connectivity index (χ3n) is 4.43. The van der Waals surface area contributed by atoms with Crippen LogP contribution in [0.15, 0.2) is 30.3 Å². The van der Waals surface area contributed by atoms with Gasteiger partial charge < -0.3 is 15.6 Å². The maximum Gasteiger partial charge on any atom is 0.222 e. The van der Waals surface area contributed by atoms with Crippen molar-refractivity contribution in [3.05, 3.63) is 41.6 Å². The molecule has 1 amide bonds. The maximum absolute atomic E-state index is 11.7. The minimum absolute atomic E-state index is 0.0139. The van der Waals surface area contributed by atoms with Gasteiger partial charge in [-0.05, 0) is 19.4 Å². The molecule has 0 aliphatic carbocycles. The number of hydrogen-bond donors (Lipinski definition) is 3. The molecule has 0 saturated heterocycles. The van der Waals surface area contributed by atoms with Crippen molar-refractivity contribution in [1.29, 1.82) is 0 Å². The summed E-state index contributed by atoms with van der Waals surface area (Å²) in [5, 5.41) is 7.27. The van der Waals surface area contributed by atoms with Gasteiger partial charge in [0.05, 0.1) is 5.39 Å². The van der Waals surface area contributed by atoms with Gasteiger partial charge in [-0.15, -0.1) is 0 Å². The SMILES string of the molecule is Cc1[nH]c2nc(-c3ccccc3)nc(NCCNC(=O)C(C)C)c2c1C. The molecule has 6 nitrogen and oxygen atoms in total. The molecule has 26 heavy (non-hydrogen) atoms. The van der Waals surface area contributed by atoms with Crippen molar-refractivity contribution in [3.63, 3.8) is 0 Å². The summed E-state index contributed by atoms with van der Waals surface area (Å²) >= 11 is 0. The molecule has 0 fully saturated rings. The van der Waals surface area contributed by atoms with E-state index in [0.29, 0.717) is 18.9 Å². The molecule has 3 rings (SSSR count). The molecule has 1 aromatic carbocycles. The molecule has 0 radical (unpaired) electrons. The summed E-state index contributed by atoms with van der Waals surface area (Å²) in [4.78, 5) is 24.5. The Hall–Kier alpha value is -2.89. The summed E-state index contributed by atoms with van der Waals surface area (Å²) in [6.45, 7) is 9.01. The van der Waals surface area contributed by atoms with Crippen LogP contribution in [-0.4, -0.2) is 33.9 Å². The van der Waals surface area contributed by atoms with Crippen molar-refractivity contribution in [3.8, 4) is 11.4 Å². The van der Waals surface area contributed by atoms with Crippen LogP contribution in [0.2, 0.25) is 0 Å². The van der Waals surface area contributed by atoms with Crippen LogP contribution in [-0.2, 0) is 4.79 Å². The third kappa shape index (κ3) is 3.69. The second kappa shape index (κ2) is 7.56. The Morgan fingerprint density at radius 2 is 1.85 bits per heavy atom. The first-order chi connectivity index (χ1) is 12.5. The molecule has 0 bridgehead atoms. The molecular weight excluding hydrogens is 326 g/mol. The lowest BCUT2D eigenvalue weighted by Gasteiger charge is -2.11. The van der Waals surface area contributed by atoms with Gasteiger partial charge in [0.2, 0.25) is 5.91 Å². The van der Waals surface area contributed by atoms with Crippen LogP contribution in [0.1, 0.15) is 25.1 Å². The molecule has 0 atom stereocenters. The molecule has 136 valence electrons. The van der Waals surface area contributed by atoms with E-state index in [9.17, 15) is 4.79 Å². The number of amides is 1. The van der Waals surface area contributed by atoms with Crippen LogP contribution >= 0.6 is 0 Å². The molecule has 0 aliphatic rings. The van der Waals surface area contributed by atoms with Crippen molar-refractivity contribution in [2.75, 3.05) is 18.4 Å². The smallest absolute Gasteiger partial charge is 0.222 e. The number of benzene rings is 1. The highest BCUT2D eigenvalue weighted by molar-refractivity contribution is 5.92. The van der Waals surface area contributed by atoms with E-state index in [1.165, 1.54) is 0 Å². The maximum atomic E-state index is 11.7. The fourth-order valence-electron chi connectivity index (χ4n) is 2.78. The van der Waals surface area contributed by atoms with Crippen LogP contribution in [0.25, 0.3) is 22.4 Å². The molecular formula is C20H25N5O. The van der Waals surface area contributed by atoms with E-state index in [-0.39, 0.29) is 11.8 Å². The van der Waals surface area contributed by atoms with Gasteiger partial charge in [0.25, 0.3) is 0 Å². The topological polar surface area (TPSA) is 82.7 Å². The number of rotatable bonds is 6. The molecule has 2 aromatic heterocycles. The molecule has 3 N–H and O–H groups in total. The predicted molar refractivity (Wildman–Crippen MR) is 105 cm³/mol. The fraction of sp³-hybridized carbons (Fsp3) is 0.350. The van der Waals surface area contributed by atoms with Crippen molar-refractivity contribution < 1.29 is 4.79 Å². The molecule has 3 aromatic rings. The Balaban J connectivity index is 1.88. The van der Waals surface area contributed by atoms with Gasteiger partial charge in [0.15, 0.2) is 5.82 Å². The Labute approximate surface area is 153 Å². The number of H-pyrrole nitrogens is 1. The molecule has 0 spiro atoms. The first kappa shape index (κ1) is 17.9. The van der Waals surface area contributed by atoms with E-state index in [0.717, 1.165) is 33.7 Å². The Kier molecular flexibility index (Phi) is 5.21. The van der Waals surface area contributed by atoms with E-state index in [2.05, 4.69) is 22.5 Å². The number of carbonyl (C=O) groups excluding carboxylic acids is 1. The second-order valence-electron chi connectivity index (χ2n) is 6.73. The van der Waals surface area contributed by atoms with E-state index >= 15 is 0 Å². The average Bonchev–Trinajstić information content (AvgIpc) is 2.93. The molecule has 0 aliphatic heterocycles. The third-order valence-corrected chi connectivity index (χ3v) is 4.43. The van der Waals surface area contributed by atoms with Gasteiger partial charge in [-0.1, -0.05) is 44.2 Å². The van der Waals surface area contributed by atoms with Crippen LogP contribution < -0.4 is 10.6 Å².